The van der Waals surface area contributed by atoms with E-state index in [1.54, 1.807) is 0 Å². The average molecular weight is 433 g/mol. The summed E-state index contributed by atoms with van der Waals surface area (Å²) < 4.78 is 0. The molecule has 5 heteroatoms. The minimum absolute atomic E-state index is 0.0146. The number of hydrogen-bond acceptors (Lipinski definition) is 3. The number of benzene rings is 3. The van der Waals surface area contributed by atoms with Crippen molar-refractivity contribution in [3.8, 4) is 0 Å². The van der Waals surface area contributed by atoms with E-state index in [0.29, 0.717) is 6.42 Å². The van der Waals surface area contributed by atoms with Crippen LogP contribution in [0.3, 0.4) is 0 Å². The minimum atomic E-state index is -0.423. The van der Waals surface area contributed by atoms with E-state index in [1.807, 2.05) is 85.8 Å². The first-order valence-electron chi connectivity index (χ1n) is 10.5. The second kappa shape index (κ2) is 11.4. The van der Waals surface area contributed by atoms with Crippen molar-refractivity contribution in [2.45, 2.75) is 43.3 Å². The van der Waals surface area contributed by atoms with Crippen LogP contribution in [-0.2, 0) is 9.59 Å². The molecule has 1 atom stereocenters. The van der Waals surface area contributed by atoms with Gasteiger partial charge in [0, 0.05) is 22.7 Å². The SMILES string of the molecule is CCCCC(=O)Nc1cccc(SC(C(=O)Nc2ccc(C)cc2)c2ccccc2)c1. The van der Waals surface area contributed by atoms with E-state index in [9.17, 15) is 9.59 Å². The number of nitrogens with one attached hydrogen (secondary N) is 2. The van der Waals surface area contributed by atoms with Crippen molar-refractivity contribution in [3.05, 3.63) is 90.0 Å². The van der Waals surface area contributed by atoms with Crippen molar-refractivity contribution < 1.29 is 9.59 Å². The van der Waals surface area contributed by atoms with Gasteiger partial charge in [0.05, 0.1) is 0 Å². The van der Waals surface area contributed by atoms with Gasteiger partial charge in [0.1, 0.15) is 5.25 Å². The molecule has 3 rings (SSSR count). The van der Waals surface area contributed by atoms with Crippen LogP contribution in [0.25, 0.3) is 0 Å². The number of unbranched alkanes of at least 4 members (excludes halogenated alkanes) is 1. The maximum atomic E-state index is 13.2. The summed E-state index contributed by atoms with van der Waals surface area (Å²) in [6.45, 7) is 4.08. The monoisotopic (exact) mass is 432 g/mol. The fourth-order valence-corrected chi connectivity index (χ4v) is 4.17. The van der Waals surface area contributed by atoms with E-state index in [-0.39, 0.29) is 11.8 Å². The molecule has 160 valence electrons. The molecule has 0 aromatic heterocycles. The number of carbonyl (C=O) groups excluding carboxylic acids is 2. The predicted molar refractivity (Wildman–Crippen MR) is 129 cm³/mol. The van der Waals surface area contributed by atoms with Crippen LogP contribution in [0, 0.1) is 6.92 Å². The molecule has 0 fully saturated rings. The summed E-state index contributed by atoms with van der Waals surface area (Å²) in [6.07, 6.45) is 2.37. The van der Waals surface area contributed by atoms with Crippen LogP contribution in [0.1, 0.15) is 42.6 Å². The molecule has 3 aromatic rings. The lowest BCUT2D eigenvalue weighted by atomic mass is 10.1. The molecule has 3 aromatic carbocycles. The van der Waals surface area contributed by atoms with Gasteiger partial charge in [0.2, 0.25) is 11.8 Å². The number of anilines is 2. The molecule has 0 heterocycles. The van der Waals surface area contributed by atoms with E-state index < -0.39 is 5.25 Å². The molecule has 0 bridgehead atoms. The van der Waals surface area contributed by atoms with E-state index in [0.717, 1.165) is 40.2 Å². The molecule has 1 unspecified atom stereocenters. The van der Waals surface area contributed by atoms with E-state index in [2.05, 4.69) is 17.6 Å². The summed E-state index contributed by atoms with van der Waals surface area (Å²) in [4.78, 5) is 26.2. The highest BCUT2D eigenvalue weighted by Gasteiger charge is 2.22. The molecule has 2 N–H and O–H groups in total. The Hall–Kier alpha value is -3.05. The van der Waals surface area contributed by atoms with Gasteiger partial charge in [-0.15, -0.1) is 11.8 Å². The Morgan fingerprint density at radius 3 is 2.32 bits per heavy atom. The standard InChI is InChI=1S/C26H28N2O2S/c1-3-4-13-24(29)27-22-11-8-12-23(18-22)31-25(20-9-6-5-7-10-20)26(30)28-21-16-14-19(2)15-17-21/h5-12,14-18,25H,3-4,13H2,1-2H3,(H,27,29)(H,28,30). The first-order chi connectivity index (χ1) is 15.0. The first kappa shape index (κ1) is 22.6. The molecule has 0 saturated carbocycles. The normalized spacial score (nSPS) is 11.5. The zero-order valence-corrected chi connectivity index (χ0v) is 18.7. The number of amides is 2. The van der Waals surface area contributed by atoms with Crippen LogP contribution in [0.5, 0.6) is 0 Å². The quantitative estimate of drug-likeness (QED) is 0.375. The molecule has 2 amide bonds. The molecule has 4 nitrogen and oxygen atoms in total. The summed E-state index contributed by atoms with van der Waals surface area (Å²) in [5, 5.41) is 5.56. The van der Waals surface area contributed by atoms with Crippen LogP contribution in [0.4, 0.5) is 11.4 Å². The lowest BCUT2D eigenvalue weighted by molar-refractivity contribution is -0.116. The van der Waals surface area contributed by atoms with Crippen LogP contribution in [-0.4, -0.2) is 11.8 Å². The lowest BCUT2D eigenvalue weighted by Crippen LogP contribution is -2.19. The van der Waals surface area contributed by atoms with Gasteiger partial charge in [-0.2, -0.15) is 0 Å². The maximum absolute atomic E-state index is 13.2. The van der Waals surface area contributed by atoms with Crippen molar-refractivity contribution in [1.29, 1.82) is 0 Å². The Morgan fingerprint density at radius 1 is 0.871 bits per heavy atom. The second-order valence-corrected chi connectivity index (χ2v) is 8.62. The van der Waals surface area contributed by atoms with Gasteiger partial charge in [-0.3, -0.25) is 9.59 Å². The van der Waals surface area contributed by atoms with E-state index >= 15 is 0 Å². The molecule has 0 radical (unpaired) electrons. The Labute approximate surface area is 188 Å². The third-order valence-electron chi connectivity index (χ3n) is 4.79. The van der Waals surface area contributed by atoms with Crippen molar-refractivity contribution in [3.63, 3.8) is 0 Å². The van der Waals surface area contributed by atoms with Crippen molar-refractivity contribution in [2.75, 3.05) is 10.6 Å². The summed E-state index contributed by atoms with van der Waals surface area (Å²) in [5.74, 6) is -0.0711. The average Bonchev–Trinajstić information content (AvgIpc) is 2.78. The topological polar surface area (TPSA) is 58.2 Å². The molecule has 0 spiro atoms. The summed E-state index contributed by atoms with van der Waals surface area (Å²) in [5.41, 5.74) is 3.59. The van der Waals surface area contributed by atoms with E-state index in [1.165, 1.54) is 11.8 Å². The zero-order chi connectivity index (χ0) is 22.1. The highest BCUT2D eigenvalue weighted by Crippen LogP contribution is 2.37. The van der Waals surface area contributed by atoms with Crippen molar-refractivity contribution in [1.82, 2.24) is 0 Å². The van der Waals surface area contributed by atoms with Gasteiger partial charge in [-0.1, -0.05) is 67.4 Å². The summed E-state index contributed by atoms with van der Waals surface area (Å²) in [6, 6.07) is 25.2. The van der Waals surface area contributed by atoms with Crippen LogP contribution >= 0.6 is 11.8 Å². The summed E-state index contributed by atoms with van der Waals surface area (Å²) >= 11 is 1.47. The molecule has 0 saturated heterocycles. The molecular formula is C26H28N2O2S. The van der Waals surface area contributed by atoms with Crippen LogP contribution in [0.15, 0.2) is 83.8 Å². The number of thioether (sulfide) groups is 1. The number of aryl methyl sites for hydroxylation is 1. The van der Waals surface area contributed by atoms with Crippen LogP contribution in [0.2, 0.25) is 0 Å². The number of carbonyl (C=O) groups is 2. The fourth-order valence-electron chi connectivity index (χ4n) is 3.09. The Balaban J connectivity index is 1.77. The Bertz CT molecular complexity index is 1000. The zero-order valence-electron chi connectivity index (χ0n) is 17.9. The lowest BCUT2D eigenvalue weighted by Gasteiger charge is -2.18. The first-order valence-corrected chi connectivity index (χ1v) is 11.4. The minimum Gasteiger partial charge on any atom is -0.326 e. The predicted octanol–water partition coefficient (Wildman–Crippen LogP) is 6.60. The molecular weight excluding hydrogens is 404 g/mol. The Kier molecular flexibility index (Phi) is 8.30. The number of rotatable bonds is 9. The van der Waals surface area contributed by atoms with Gasteiger partial charge in [0.15, 0.2) is 0 Å². The fraction of sp³-hybridized carbons (Fsp3) is 0.231. The van der Waals surface area contributed by atoms with E-state index in [4.69, 9.17) is 0 Å². The van der Waals surface area contributed by atoms with Gasteiger partial charge in [-0.25, -0.2) is 0 Å². The van der Waals surface area contributed by atoms with Gasteiger partial charge < -0.3 is 10.6 Å². The molecule has 0 aliphatic rings. The second-order valence-electron chi connectivity index (χ2n) is 7.44. The summed E-state index contributed by atoms with van der Waals surface area (Å²) in [7, 11) is 0. The van der Waals surface area contributed by atoms with Crippen LogP contribution < -0.4 is 10.6 Å². The maximum Gasteiger partial charge on any atom is 0.242 e. The largest absolute Gasteiger partial charge is 0.326 e. The number of hydrogen-bond donors (Lipinski definition) is 2. The van der Waals surface area contributed by atoms with Gasteiger partial charge in [0.25, 0.3) is 0 Å². The van der Waals surface area contributed by atoms with Gasteiger partial charge >= 0.3 is 0 Å². The van der Waals surface area contributed by atoms with Crippen molar-refractivity contribution in [2.24, 2.45) is 0 Å². The molecule has 31 heavy (non-hydrogen) atoms. The Morgan fingerprint density at radius 2 is 1.61 bits per heavy atom. The smallest absolute Gasteiger partial charge is 0.242 e. The molecule has 0 aliphatic heterocycles. The molecule has 0 aliphatic carbocycles. The van der Waals surface area contributed by atoms with Crippen molar-refractivity contribution >= 4 is 35.0 Å². The highest BCUT2D eigenvalue weighted by atomic mass is 32.2. The third kappa shape index (κ3) is 7.00. The highest BCUT2D eigenvalue weighted by molar-refractivity contribution is 8.00. The van der Waals surface area contributed by atoms with Gasteiger partial charge in [-0.05, 0) is 49.2 Å². The third-order valence-corrected chi connectivity index (χ3v) is 6.04.